The molecule has 4 heterocycles. The average molecular weight is 1120 g/mol. The van der Waals surface area contributed by atoms with Crippen LogP contribution in [0.4, 0.5) is 0 Å². The summed E-state index contributed by atoms with van der Waals surface area (Å²) in [6.45, 7) is 27.3. The van der Waals surface area contributed by atoms with Gasteiger partial charge in [-0.3, -0.25) is 0 Å². The van der Waals surface area contributed by atoms with Gasteiger partial charge >= 0.3 is 0 Å². The molecule has 4 fully saturated rings. The van der Waals surface area contributed by atoms with Gasteiger partial charge in [0.2, 0.25) is 0 Å². The molecule has 13 atom stereocenters. The van der Waals surface area contributed by atoms with Crippen LogP contribution < -0.4 is 15.1 Å². The molecule has 2 N–H and O–H groups in total. The number of rotatable bonds is 21. The summed E-state index contributed by atoms with van der Waals surface area (Å²) >= 11 is 0. The quantitative estimate of drug-likeness (QED) is 0.0612. The molecule has 0 amide bonds. The van der Waals surface area contributed by atoms with Gasteiger partial charge in [-0.1, -0.05) is 152 Å². The zero-order valence-corrected chi connectivity index (χ0v) is 52.0. The molecule has 4 aromatic carbocycles. The lowest BCUT2D eigenvalue weighted by atomic mass is 9.80. The van der Waals surface area contributed by atoms with E-state index in [-0.39, 0.29) is 59.0 Å². The summed E-state index contributed by atoms with van der Waals surface area (Å²) in [6.07, 6.45) is 2.68. The highest BCUT2D eigenvalue weighted by Gasteiger charge is 2.55. The van der Waals surface area contributed by atoms with Gasteiger partial charge in [0, 0.05) is 26.1 Å². The summed E-state index contributed by atoms with van der Waals surface area (Å²) in [6, 6.07) is 39.9. The highest BCUT2D eigenvalue weighted by Crippen LogP contribution is 2.47. The Morgan fingerprint density at radius 2 is 1.27 bits per heavy atom. The van der Waals surface area contributed by atoms with E-state index in [0.717, 1.165) is 68.2 Å². The minimum atomic E-state index is -2.70. The van der Waals surface area contributed by atoms with Crippen molar-refractivity contribution in [2.24, 2.45) is 5.92 Å². The molecule has 0 spiro atoms. The molecule has 0 radical (unpaired) electrons. The van der Waals surface area contributed by atoms with Crippen LogP contribution in [0.1, 0.15) is 144 Å². The van der Waals surface area contributed by atoms with Crippen molar-refractivity contribution < 1.29 is 52.2 Å². The van der Waals surface area contributed by atoms with Crippen molar-refractivity contribution in [1.82, 2.24) is 0 Å². The minimum Gasteiger partial charge on any atom is -0.497 e. The fourth-order valence-electron chi connectivity index (χ4n) is 12.9. The third kappa shape index (κ3) is 14.9. The van der Waals surface area contributed by atoms with E-state index in [4.69, 9.17) is 42.0 Å². The van der Waals surface area contributed by atoms with Gasteiger partial charge in [0.1, 0.15) is 11.9 Å². The number of aliphatic hydroxyl groups excluding tert-OH is 2. The predicted molar refractivity (Wildman–Crippen MR) is 319 cm³/mol. The van der Waals surface area contributed by atoms with Crippen LogP contribution in [0, 0.1) is 5.92 Å². The first-order chi connectivity index (χ1) is 37.5. The van der Waals surface area contributed by atoms with Crippen molar-refractivity contribution in [1.29, 1.82) is 0 Å². The number of ether oxygens (including phenoxy) is 7. The second-order valence-corrected chi connectivity index (χ2v) is 35.6. The zero-order chi connectivity index (χ0) is 56.6. The minimum absolute atomic E-state index is 0.00972. The van der Waals surface area contributed by atoms with Gasteiger partial charge < -0.3 is 52.2 Å². The maximum Gasteiger partial charge on any atom is 0.261 e. The van der Waals surface area contributed by atoms with Gasteiger partial charge in [-0.05, 0) is 134 Å². The smallest absolute Gasteiger partial charge is 0.261 e. The molecule has 13 heteroatoms. The van der Waals surface area contributed by atoms with Crippen LogP contribution in [-0.2, 0) is 50.5 Å². The lowest BCUT2D eigenvalue weighted by Crippen LogP contribution is -2.66. The van der Waals surface area contributed by atoms with Crippen LogP contribution in [0.25, 0.3) is 0 Å². The van der Waals surface area contributed by atoms with Crippen molar-refractivity contribution in [3.05, 3.63) is 126 Å². The van der Waals surface area contributed by atoms with Crippen LogP contribution in [-0.4, -0.2) is 119 Å². The molecule has 436 valence electrons. The summed E-state index contributed by atoms with van der Waals surface area (Å²) in [7, 11) is -3.27. The number of hydrogen-bond acceptors (Lipinski definition) is 11. The molecule has 4 saturated heterocycles. The monoisotopic (exact) mass is 1120 g/mol. The van der Waals surface area contributed by atoms with E-state index in [1.807, 2.05) is 42.5 Å². The summed E-state index contributed by atoms with van der Waals surface area (Å²) in [5, 5.41) is 26.6. The summed E-state index contributed by atoms with van der Waals surface area (Å²) in [4.78, 5) is 0. The fraction of sp³-hybridized carbons (Fsp3) is 0.636. The molecule has 0 aromatic heterocycles. The SMILES string of the molecule is COc1ccc(CO[C@@H]2CC[C@@H]3O[C@H](CCCOCc4ccccc4)[C@](C)(O[Si](C)(C)C(C)(C)C)CC[C@H]3O[C@H]2C[C@H]2O[C@H]3C[C@H](C)[C@H](CCCO[Si](c4ccccc4)(c4ccccc4)C(C)(C)C)O[C@]3(C)C[C@H](O)[C@H]2O)cc1. The molecular formula is C66H98O11Si2. The maximum atomic E-state index is 12.2. The first-order valence-electron chi connectivity index (χ1n) is 29.9. The van der Waals surface area contributed by atoms with Crippen LogP contribution in [0.15, 0.2) is 115 Å². The van der Waals surface area contributed by atoms with Crippen molar-refractivity contribution >= 4 is 27.0 Å². The van der Waals surface area contributed by atoms with Crippen molar-refractivity contribution in [2.75, 3.05) is 20.3 Å². The lowest BCUT2D eigenvalue weighted by Gasteiger charge is -2.47. The Bertz CT molecular complexity index is 2410. The summed E-state index contributed by atoms with van der Waals surface area (Å²) in [5.74, 6) is 0.958. The second-order valence-electron chi connectivity index (χ2n) is 26.5. The Hall–Kier alpha value is -3.29. The highest BCUT2D eigenvalue weighted by atomic mass is 28.4. The van der Waals surface area contributed by atoms with Gasteiger partial charge in [0.05, 0.1) is 86.5 Å². The Kier molecular flexibility index (Phi) is 20.7. The molecule has 4 aromatic rings. The normalized spacial score (nSPS) is 31.0. The standard InChI is InChI=1S/C66H98O11Si2/c1-47-42-61-66(9,76-54(47)30-22-41-72-79(64(5,6)7,51-26-18-14-19-27-51)52-28-20-15-21-29-52)44-53(67)62(68)59(75-61)43-58-55(71-46-49-32-34-50(69-10)35-33-49)36-37-56-57(73-58)38-39-65(8,77-78(11,12)63(2,3)4)60(74-56)31-23-40-70-45-48-24-16-13-17-25-48/h13-21,24-29,32-35,47,53-62,67-68H,22-23,30-31,36-46H2,1-12H3/t47-,53-,54-,55+,56-,57+,58-,59+,60+,61-,62+,65+,66+/m0/s1. The Labute approximate surface area is 477 Å². The molecule has 4 aliphatic rings. The van der Waals surface area contributed by atoms with E-state index in [2.05, 4.69) is 148 Å². The predicted octanol–water partition coefficient (Wildman–Crippen LogP) is 12.3. The molecule has 79 heavy (non-hydrogen) atoms. The van der Waals surface area contributed by atoms with E-state index < -0.39 is 52.3 Å². The fourth-order valence-corrected chi connectivity index (χ4v) is 19.2. The zero-order valence-electron chi connectivity index (χ0n) is 50.0. The van der Waals surface area contributed by atoms with Crippen LogP contribution in [0.2, 0.25) is 23.2 Å². The molecule has 0 aliphatic carbocycles. The van der Waals surface area contributed by atoms with Crippen molar-refractivity contribution in [2.45, 2.75) is 242 Å². The number of aliphatic hydroxyl groups is 2. The largest absolute Gasteiger partial charge is 0.497 e. The van der Waals surface area contributed by atoms with Crippen LogP contribution in [0.3, 0.4) is 0 Å². The van der Waals surface area contributed by atoms with Crippen LogP contribution >= 0.6 is 0 Å². The number of benzene rings is 4. The van der Waals surface area contributed by atoms with Gasteiger partial charge in [-0.2, -0.15) is 0 Å². The molecule has 11 nitrogen and oxygen atoms in total. The maximum absolute atomic E-state index is 12.2. The van der Waals surface area contributed by atoms with E-state index in [0.29, 0.717) is 39.3 Å². The van der Waals surface area contributed by atoms with E-state index in [9.17, 15) is 10.2 Å². The van der Waals surface area contributed by atoms with Gasteiger partial charge in [-0.25, -0.2) is 0 Å². The van der Waals surface area contributed by atoms with E-state index in [1.54, 1.807) is 7.11 Å². The number of methoxy groups -OCH3 is 1. The molecule has 0 bridgehead atoms. The molecule has 0 saturated carbocycles. The first-order valence-corrected chi connectivity index (χ1v) is 34.7. The van der Waals surface area contributed by atoms with Crippen molar-refractivity contribution in [3.63, 3.8) is 0 Å². The highest BCUT2D eigenvalue weighted by molar-refractivity contribution is 6.99. The average Bonchev–Trinajstić information content (AvgIpc) is 3.81. The molecule has 8 rings (SSSR count). The molecule has 0 unspecified atom stereocenters. The first kappa shape index (κ1) is 61.8. The molecule has 4 aliphatic heterocycles. The number of hydrogen-bond donors (Lipinski definition) is 2. The Balaban J connectivity index is 0.982. The second kappa shape index (κ2) is 26.5. The van der Waals surface area contributed by atoms with Gasteiger partial charge in [-0.15, -0.1) is 0 Å². The van der Waals surface area contributed by atoms with E-state index in [1.165, 1.54) is 10.4 Å². The topological polar surface area (TPSA) is 124 Å². The Morgan fingerprint density at radius 1 is 0.658 bits per heavy atom. The third-order valence-corrected chi connectivity index (χ3v) is 28.2. The Morgan fingerprint density at radius 3 is 1.89 bits per heavy atom. The third-order valence-electron chi connectivity index (χ3n) is 18.5. The van der Waals surface area contributed by atoms with Gasteiger partial charge in [0.25, 0.3) is 8.32 Å². The van der Waals surface area contributed by atoms with Crippen molar-refractivity contribution in [3.8, 4) is 5.75 Å². The van der Waals surface area contributed by atoms with Gasteiger partial charge in [0.15, 0.2) is 8.32 Å². The summed E-state index contributed by atoms with van der Waals surface area (Å²) < 4.78 is 62.4. The van der Waals surface area contributed by atoms with E-state index >= 15 is 0 Å². The molecular weight excluding hydrogens is 1020 g/mol. The summed E-state index contributed by atoms with van der Waals surface area (Å²) in [5.41, 5.74) is 0.822. The lowest BCUT2D eigenvalue weighted by molar-refractivity contribution is -0.230. The van der Waals surface area contributed by atoms with Crippen LogP contribution in [0.5, 0.6) is 5.75 Å². The number of fused-ring (bicyclic) bond motifs is 2.